The molecule has 4 aromatic rings. The van der Waals surface area contributed by atoms with Gasteiger partial charge in [-0.05, 0) is 83.1 Å². The molecule has 0 atom stereocenters. The first kappa shape index (κ1) is 18.6. The first-order valence-corrected chi connectivity index (χ1v) is 10.2. The van der Waals surface area contributed by atoms with E-state index in [9.17, 15) is 9.90 Å². The molecule has 0 saturated heterocycles. The quantitative estimate of drug-likeness (QED) is 0.493. The largest absolute Gasteiger partial charge is 0.493 e. The van der Waals surface area contributed by atoms with E-state index in [4.69, 9.17) is 9.72 Å². The van der Waals surface area contributed by atoms with E-state index in [1.807, 2.05) is 25.3 Å². The van der Waals surface area contributed by atoms with Crippen LogP contribution in [0.15, 0.2) is 42.6 Å². The summed E-state index contributed by atoms with van der Waals surface area (Å²) >= 11 is 0. The summed E-state index contributed by atoms with van der Waals surface area (Å²) < 4.78 is 5.89. The smallest absolute Gasteiger partial charge is 0.307 e. The number of rotatable bonds is 3. The molecule has 30 heavy (non-hydrogen) atoms. The second-order valence-electron chi connectivity index (χ2n) is 8.12. The number of carbonyl (C=O) groups is 1. The average Bonchev–Trinajstić information content (AvgIpc) is 2.73. The van der Waals surface area contributed by atoms with Crippen molar-refractivity contribution >= 4 is 27.6 Å². The van der Waals surface area contributed by atoms with Gasteiger partial charge in [0.05, 0.1) is 18.5 Å². The molecule has 1 N–H and O–H groups in total. The number of benzene rings is 3. The fourth-order valence-electron chi connectivity index (χ4n) is 4.70. The SMILES string of the molecule is Cc1cc2c(C)c(C)ccc2c(-c2ccc3c4c(ccnc24)CCO3)c1CC(=O)O. The lowest BCUT2D eigenvalue weighted by Gasteiger charge is -2.22. The summed E-state index contributed by atoms with van der Waals surface area (Å²) in [6.45, 7) is 6.91. The van der Waals surface area contributed by atoms with Gasteiger partial charge in [0.2, 0.25) is 0 Å². The van der Waals surface area contributed by atoms with Crippen molar-refractivity contribution in [3.8, 4) is 16.9 Å². The second-order valence-corrected chi connectivity index (χ2v) is 8.12. The van der Waals surface area contributed by atoms with Crippen molar-refractivity contribution in [1.82, 2.24) is 4.98 Å². The number of carboxylic acids is 1. The lowest BCUT2D eigenvalue weighted by molar-refractivity contribution is -0.136. The predicted octanol–water partition coefficient (Wildman–Crippen LogP) is 5.54. The van der Waals surface area contributed by atoms with Crippen LogP contribution in [-0.2, 0) is 17.6 Å². The number of hydrogen-bond acceptors (Lipinski definition) is 3. The number of aryl methyl sites for hydroxylation is 3. The molecule has 0 spiro atoms. The molecular weight excluding hydrogens is 374 g/mol. The lowest BCUT2D eigenvalue weighted by Crippen LogP contribution is -2.10. The van der Waals surface area contributed by atoms with E-state index in [0.717, 1.165) is 56.1 Å². The van der Waals surface area contributed by atoms with Gasteiger partial charge in [0, 0.05) is 23.6 Å². The molecule has 0 aliphatic carbocycles. The van der Waals surface area contributed by atoms with Gasteiger partial charge >= 0.3 is 5.97 Å². The van der Waals surface area contributed by atoms with Crippen molar-refractivity contribution in [3.05, 3.63) is 70.4 Å². The summed E-state index contributed by atoms with van der Waals surface area (Å²) in [7, 11) is 0. The molecule has 5 rings (SSSR count). The molecule has 2 heterocycles. The normalized spacial score (nSPS) is 12.9. The number of pyridine rings is 1. The fourth-order valence-corrected chi connectivity index (χ4v) is 4.70. The third-order valence-electron chi connectivity index (χ3n) is 6.36. The zero-order chi connectivity index (χ0) is 21.0. The number of fused-ring (bicyclic) bond motifs is 1. The Morgan fingerprint density at radius 3 is 2.70 bits per heavy atom. The minimum absolute atomic E-state index is 0.0243. The Hall–Kier alpha value is -3.40. The van der Waals surface area contributed by atoms with E-state index in [2.05, 4.69) is 38.1 Å². The minimum Gasteiger partial charge on any atom is -0.493 e. The van der Waals surface area contributed by atoms with E-state index in [1.165, 1.54) is 16.7 Å². The summed E-state index contributed by atoms with van der Waals surface area (Å²) in [6, 6.07) is 12.4. The predicted molar refractivity (Wildman–Crippen MR) is 119 cm³/mol. The maximum Gasteiger partial charge on any atom is 0.307 e. The number of carboxylic acid groups (broad SMARTS) is 1. The number of aliphatic carboxylic acids is 1. The molecule has 1 aliphatic heterocycles. The third-order valence-corrected chi connectivity index (χ3v) is 6.36. The van der Waals surface area contributed by atoms with Crippen LogP contribution in [0.4, 0.5) is 0 Å². The average molecular weight is 397 g/mol. The van der Waals surface area contributed by atoms with Crippen LogP contribution in [0.3, 0.4) is 0 Å². The van der Waals surface area contributed by atoms with Crippen LogP contribution in [0.25, 0.3) is 32.8 Å². The van der Waals surface area contributed by atoms with Gasteiger partial charge in [-0.15, -0.1) is 0 Å². The molecule has 1 aromatic heterocycles. The maximum atomic E-state index is 11.8. The van der Waals surface area contributed by atoms with Crippen molar-refractivity contribution in [1.29, 1.82) is 0 Å². The van der Waals surface area contributed by atoms with Crippen molar-refractivity contribution < 1.29 is 14.6 Å². The summed E-state index contributed by atoms with van der Waals surface area (Å²) in [4.78, 5) is 16.5. The van der Waals surface area contributed by atoms with E-state index in [-0.39, 0.29) is 6.42 Å². The van der Waals surface area contributed by atoms with Gasteiger partial charge in [0.15, 0.2) is 0 Å². The standard InChI is InChI=1S/C26H23NO3/c1-14-4-5-18-21(16(14)3)12-15(2)20(13-23(28)29)25(18)19-6-7-22-24-17(9-11-30-22)8-10-27-26(19)24/h4-8,10,12H,9,11,13H2,1-3H3,(H,28,29). The lowest BCUT2D eigenvalue weighted by atomic mass is 9.85. The van der Waals surface area contributed by atoms with Crippen molar-refractivity contribution in [3.63, 3.8) is 0 Å². The maximum absolute atomic E-state index is 11.8. The van der Waals surface area contributed by atoms with E-state index in [0.29, 0.717) is 6.61 Å². The Balaban J connectivity index is 1.95. The molecule has 1 aliphatic rings. The number of nitrogens with zero attached hydrogens (tertiary/aromatic N) is 1. The van der Waals surface area contributed by atoms with Gasteiger partial charge in [0.1, 0.15) is 5.75 Å². The second kappa shape index (κ2) is 6.84. The van der Waals surface area contributed by atoms with Gasteiger partial charge < -0.3 is 9.84 Å². The van der Waals surface area contributed by atoms with Crippen molar-refractivity contribution in [2.45, 2.75) is 33.6 Å². The highest BCUT2D eigenvalue weighted by Gasteiger charge is 2.22. The molecule has 0 radical (unpaired) electrons. The van der Waals surface area contributed by atoms with Crippen LogP contribution < -0.4 is 4.74 Å². The summed E-state index contributed by atoms with van der Waals surface area (Å²) in [5, 5.41) is 12.9. The van der Waals surface area contributed by atoms with Crippen LogP contribution in [0, 0.1) is 20.8 Å². The molecule has 3 aromatic carbocycles. The summed E-state index contributed by atoms with van der Waals surface area (Å²) in [5.74, 6) is 0.0217. The number of hydrogen-bond donors (Lipinski definition) is 1. The number of ether oxygens (including phenoxy) is 1. The number of aromatic nitrogens is 1. The minimum atomic E-state index is -0.832. The molecule has 0 amide bonds. The molecule has 150 valence electrons. The molecule has 0 unspecified atom stereocenters. The van der Waals surface area contributed by atoms with Gasteiger partial charge in [-0.1, -0.05) is 18.2 Å². The highest BCUT2D eigenvalue weighted by atomic mass is 16.5. The zero-order valence-electron chi connectivity index (χ0n) is 17.4. The van der Waals surface area contributed by atoms with Gasteiger partial charge in [-0.3, -0.25) is 9.78 Å². The Bertz CT molecular complexity index is 1340. The fraction of sp³-hybridized carbons (Fsp3) is 0.231. The zero-order valence-corrected chi connectivity index (χ0v) is 17.4. The molecule has 4 nitrogen and oxygen atoms in total. The van der Waals surface area contributed by atoms with Gasteiger partial charge in [-0.2, -0.15) is 0 Å². The molecule has 4 heteroatoms. The van der Waals surface area contributed by atoms with E-state index in [1.54, 1.807) is 0 Å². The van der Waals surface area contributed by atoms with E-state index >= 15 is 0 Å². The molecule has 0 bridgehead atoms. The van der Waals surface area contributed by atoms with Gasteiger partial charge in [-0.25, -0.2) is 0 Å². The highest BCUT2D eigenvalue weighted by molar-refractivity contribution is 6.09. The summed E-state index contributed by atoms with van der Waals surface area (Å²) in [6.07, 6.45) is 2.67. The van der Waals surface area contributed by atoms with Gasteiger partial charge in [0.25, 0.3) is 0 Å². The Morgan fingerprint density at radius 2 is 1.90 bits per heavy atom. The Morgan fingerprint density at radius 1 is 1.07 bits per heavy atom. The van der Waals surface area contributed by atoms with Crippen molar-refractivity contribution in [2.24, 2.45) is 0 Å². The molecular formula is C26H23NO3. The van der Waals surface area contributed by atoms with Crippen LogP contribution in [0.1, 0.15) is 27.8 Å². The molecule has 0 fully saturated rings. The van der Waals surface area contributed by atoms with Crippen LogP contribution >= 0.6 is 0 Å². The Kier molecular flexibility index (Phi) is 4.24. The van der Waals surface area contributed by atoms with Crippen LogP contribution in [0.2, 0.25) is 0 Å². The first-order chi connectivity index (χ1) is 14.5. The topological polar surface area (TPSA) is 59.4 Å². The van der Waals surface area contributed by atoms with Crippen LogP contribution in [-0.4, -0.2) is 22.7 Å². The van der Waals surface area contributed by atoms with Crippen molar-refractivity contribution in [2.75, 3.05) is 6.61 Å². The monoisotopic (exact) mass is 397 g/mol. The summed E-state index contributed by atoms with van der Waals surface area (Å²) in [5.41, 5.74) is 8.32. The van der Waals surface area contributed by atoms with E-state index < -0.39 is 5.97 Å². The Labute approximate surface area is 175 Å². The first-order valence-electron chi connectivity index (χ1n) is 10.2. The molecule has 0 saturated carbocycles. The van der Waals surface area contributed by atoms with Crippen LogP contribution in [0.5, 0.6) is 5.75 Å². The third kappa shape index (κ3) is 2.75. The highest BCUT2D eigenvalue weighted by Crippen LogP contribution is 2.43.